The minimum atomic E-state index is 0.465. The minimum Gasteiger partial charge on any atom is -0.444 e. The quantitative estimate of drug-likeness (QED) is 0.760. The highest BCUT2D eigenvalue weighted by atomic mass is 35.5. The molecule has 4 nitrogen and oxygen atoms in total. The number of benzene rings is 1. The summed E-state index contributed by atoms with van der Waals surface area (Å²) in [6, 6.07) is 7.88. The number of ether oxygens (including phenoxy) is 1. The van der Waals surface area contributed by atoms with Gasteiger partial charge in [-0.3, -0.25) is 0 Å². The Kier molecular flexibility index (Phi) is 5.86. The minimum absolute atomic E-state index is 0.465. The molecule has 0 unspecified atom stereocenters. The Balaban J connectivity index is 1.75. The number of para-hydroxylation sites is 1. The van der Waals surface area contributed by atoms with Crippen LogP contribution in [0.1, 0.15) is 5.56 Å². The summed E-state index contributed by atoms with van der Waals surface area (Å²) in [6.07, 6.45) is 0. The summed E-state index contributed by atoms with van der Waals surface area (Å²) >= 11 is 6.12. The molecule has 1 N–H and O–H groups in total. The zero-order chi connectivity index (χ0) is 14.4. The summed E-state index contributed by atoms with van der Waals surface area (Å²) in [5.74, 6) is 0. The Morgan fingerprint density at radius 2 is 2.05 bits per heavy atom. The molecule has 5 heteroatoms. The number of nitrogens with one attached hydrogen (secondary N) is 1. The first-order valence-corrected chi connectivity index (χ1v) is 7.15. The van der Waals surface area contributed by atoms with Crippen molar-refractivity contribution in [2.24, 2.45) is 0 Å². The van der Waals surface area contributed by atoms with Crippen LogP contribution in [0.2, 0.25) is 5.22 Å². The first-order chi connectivity index (χ1) is 9.68. The van der Waals surface area contributed by atoms with Gasteiger partial charge in [-0.15, -0.1) is 0 Å². The fourth-order valence-corrected chi connectivity index (χ4v) is 2.19. The van der Waals surface area contributed by atoms with Crippen molar-refractivity contribution >= 4 is 22.6 Å². The van der Waals surface area contributed by atoms with E-state index in [1.807, 2.05) is 38.4 Å². The number of furan rings is 1. The van der Waals surface area contributed by atoms with Crippen LogP contribution in [0.15, 0.2) is 28.7 Å². The van der Waals surface area contributed by atoms with E-state index in [4.69, 9.17) is 20.8 Å². The molecule has 1 aromatic heterocycles. The van der Waals surface area contributed by atoms with Gasteiger partial charge in [0.05, 0.1) is 13.2 Å². The van der Waals surface area contributed by atoms with Crippen LogP contribution in [-0.2, 0) is 11.3 Å². The number of likely N-dealkylation sites (N-methyl/N-ethyl adjacent to an activating group) is 1. The van der Waals surface area contributed by atoms with Crippen molar-refractivity contribution in [2.75, 3.05) is 40.4 Å². The van der Waals surface area contributed by atoms with Crippen molar-refractivity contribution in [1.82, 2.24) is 10.2 Å². The van der Waals surface area contributed by atoms with Crippen molar-refractivity contribution < 1.29 is 9.15 Å². The second-order valence-corrected chi connectivity index (χ2v) is 5.29. The third kappa shape index (κ3) is 4.21. The molecule has 2 rings (SSSR count). The van der Waals surface area contributed by atoms with Gasteiger partial charge in [0.25, 0.3) is 0 Å². The maximum absolute atomic E-state index is 6.12. The van der Waals surface area contributed by atoms with Gasteiger partial charge in [0.15, 0.2) is 5.22 Å². The molecule has 0 amide bonds. The third-order valence-electron chi connectivity index (χ3n) is 3.06. The molecule has 20 heavy (non-hydrogen) atoms. The van der Waals surface area contributed by atoms with Crippen molar-refractivity contribution in [3.8, 4) is 0 Å². The standard InChI is InChI=1S/C15H21ClN2O2/c1-18(2)8-10-19-9-7-17-11-13-12-5-3-4-6-14(12)20-15(13)16/h3-6,17H,7-11H2,1-2H3. The molecule has 110 valence electrons. The summed E-state index contributed by atoms with van der Waals surface area (Å²) in [5, 5.41) is 4.86. The molecule has 1 heterocycles. The average Bonchev–Trinajstić information content (AvgIpc) is 2.73. The molecule has 0 fully saturated rings. The second-order valence-electron chi connectivity index (χ2n) is 4.94. The molecule has 0 spiro atoms. The molecule has 0 aliphatic heterocycles. The summed E-state index contributed by atoms with van der Waals surface area (Å²) in [6.45, 7) is 3.87. The largest absolute Gasteiger partial charge is 0.444 e. The van der Waals surface area contributed by atoms with Gasteiger partial charge < -0.3 is 19.4 Å². The molecule has 0 bridgehead atoms. The van der Waals surface area contributed by atoms with E-state index in [9.17, 15) is 0 Å². The molecular formula is C15H21ClN2O2. The third-order valence-corrected chi connectivity index (χ3v) is 3.36. The van der Waals surface area contributed by atoms with Crippen molar-refractivity contribution in [1.29, 1.82) is 0 Å². The number of nitrogens with zero attached hydrogens (tertiary/aromatic N) is 1. The van der Waals surface area contributed by atoms with E-state index < -0.39 is 0 Å². The predicted octanol–water partition coefficient (Wildman–Crippen LogP) is 2.75. The maximum atomic E-state index is 6.12. The van der Waals surface area contributed by atoms with Crippen LogP contribution in [0.25, 0.3) is 11.0 Å². The van der Waals surface area contributed by atoms with E-state index >= 15 is 0 Å². The monoisotopic (exact) mass is 296 g/mol. The van der Waals surface area contributed by atoms with Gasteiger partial charge in [0, 0.05) is 30.6 Å². The predicted molar refractivity (Wildman–Crippen MR) is 82.3 cm³/mol. The Hall–Kier alpha value is -1.07. The number of halogens is 1. The van der Waals surface area contributed by atoms with Crippen LogP contribution in [0.3, 0.4) is 0 Å². The van der Waals surface area contributed by atoms with Gasteiger partial charge in [0.2, 0.25) is 0 Å². The first kappa shape index (κ1) is 15.3. The average molecular weight is 297 g/mol. The Morgan fingerprint density at radius 3 is 2.85 bits per heavy atom. The van der Waals surface area contributed by atoms with Crippen LogP contribution in [0, 0.1) is 0 Å². The van der Waals surface area contributed by atoms with E-state index in [0.29, 0.717) is 18.4 Å². The summed E-state index contributed by atoms with van der Waals surface area (Å²) in [7, 11) is 4.07. The topological polar surface area (TPSA) is 37.6 Å². The Morgan fingerprint density at radius 1 is 1.25 bits per heavy atom. The molecule has 2 aromatic rings. The molecule has 0 saturated carbocycles. The van der Waals surface area contributed by atoms with Crippen LogP contribution < -0.4 is 5.32 Å². The lowest BCUT2D eigenvalue weighted by molar-refractivity contribution is 0.119. The van der Waals surface area contributed by atoms with E-state index in [0.717, 1.165) is 36.2 Å². The Labute approximate surface area is 124 Å². The Bertz CT molecular complexity index is 540. The van der Waals surface area contributed by atoms with Crippen molar-refractivity contribution in [3.05, 3.63) is 35.0 Å². The molecule has 0 atom stereocenters. The molecule has 0 aliphatic rings. The van der Waals surface area contributed by atoms with Crippen LogP contribution >= 0.6 is 11.6 Å². The highest BCUT2D eigenvalue weighted by Gasteiger charge is 2.10. The van der Waals surface area contributed by atoms with Gasteiger partial charge in [-0.25, -0.2) is 0 Å². The highest BCUT2D eigenvalue weighted by molar-refractivity contribution is 6.30. The lowest BCUT2D eigenvalue weighted by Gasteiger charge is -2.10. The fourth-order valence-electron chi connectivity index (χ4n) is 1.94. The van der Waals surface area contributed by atoms with E-state index in [2.05, 4.69) is 10.2 Å². The molecule has 0 aliphatic carbocycles. The first-order valence-electron chi connectivity index (χ1n) is 6.77. The van der Waals surface area contributed by atoms with E-state index in [1.165, 1.54) is 0 Å². The molecule has 1 aromatic carbocycles. The second kappa shape index (κ2) is 7.64. The fraction of sp³-hybridized carbons (Fsp3) is 0.467. The number of hydrogen-bond acceptors (Lipinski definition) is 4. The van der Waals surface area contributed by atoms with Crippen LogP contribution in [0.5, 0.6) is 0 Å². The van der Waals surface area contributed by atoms with Crippen molar-refractivity contribution in [2.45, 2.75) is 6.54 Å². The molecule has 0 radical (unpaired) electrons. The van der Waals surface area contributed by atoms with Crippen LogP contribution in [0.4, 0.5) is 0 Å². The number of rotatable bonds is 8. The zero-order valence-corrected chi connectivity index (χ0v) is 12.7. The lowest BCUT2D eigenvalue weighted by Crippen LogP contribution is -2.23. The lowest BCUT2D eigenvalue weighted by atomic mass is 10.2. The van der Waals surface area contributed by atoms with Gasteiger partial charge >= 0.3 is 0 Å². The van der Waals surface area contributed by atoms with E-state index in [-0.39, 0.29) is 0 Å². The summed E-state index contributed by atoms with van der Waals surface area (Å²) in [5.41, 5.74) is 1.84. The number of fused-ring (bicyclic) bond motifs is 1. The van der Waals surface area contributed by atoms with Crippen molar-refractivity contribution in [3.63, 3.8) is 0 Å². The van der Waals surface area contributed by atoms with Gasteiger partial charge in [0.1, 0.15) is 5.58 Å². The van der Waals surface area contributed by atoms with E-state index in [1.54, 1.807) is 0 Å². The smallest absolute Gasteiger partial charge is 0.199 e. The van der Waals surface area contributed by atoms with Gasteiger partial charge in [-0.05, 0) is 31.8 Å². The maximum Gasteiger partial charge on any atom is 0.199 e. The van der Waals surface area contributed by atoms with Crippen LogP contribution in [-0.4, -0.2) is 45.3 Å². The normalized spacial score (nSPS) is 11.6. The van der Waals surface area contributed by atoms with Gasteiger partial charge in [-0.1, -0.05) is 18.2 Å². The summed E-state index contributed by atoms with van der Waals surface area (Å²) in [4.78, 5) is 2.10. The summed E-state index contributed by atoms with van der Waals surface area (Å²) < 4.78 is 11.0. The molecule has 0 saturated heterocycles. The van der Waals surface area contributed by atoms with Gasteiger partial charge in [-0.2, -0.15) is 0 Å². The highest BCUT2D eigenvalue weighted by Crippen LogP contribution is 2.29. The molecular weight excluding hydrogens is 276 g/mol. The SMILES string of the molecule is CN(C)CCOCCNCc1c(Cl)oc2ccccc12. The zero-order valence-electron chi connectivity index (χ0n) is 12.0. The number of hydrogen-bond donors (Lipinski definition) is 1.